The van der Waals surface area contributed by atoms with Gasteiger partial charge in [-0.25, -0.2) is 4.79 Å². The van der Waals surface area contributed by atoms with Crippen molar-refractivity contribution >= 4 is 11.8 Å². The molecule has 0 N–H and O–H groups in total. The van der Waals surface area contributed by atoms with Gasteiger partial charge in [0.25, 0.3) is 0 Å². The summed E-state index contributed by atoms with van der Waals surface area (Å²) in [5.74, 6) is 0.240. The number of rotatable bonds is 3. The van der Waals surface area contributed by atoms with Crippen LogP contribution in [0.3, 0.4) is 0 Å². The standard InChI is InChI=1S/C21H22N4O2/c1-20(2)16-11-12-21(20,3)27-19(26)15(16)13-22-24-18-10-9-17(23-25-18)14-7-5-4-6-8-14/h4-10,13,16H,11-12H2,1-3H3/b15-13+,24-22?/t16-,21-/m1/s1. The van der Waals surface area contributed by atoms with Crippen LogP contribution in [0, 0.1) is 11.3 Å². The van der Waals surface area contributed by atoms with Gasteiger partial charge in [0.2, 0.25) is 0 Å². The number of nitrogens with zero attached hydrogens (tertiary/aromatic N) is 4. The van der Waals surface area contributed by atoms with Crippen LogP contribution in [-0.4, -0.2) is 21.8 Å². The highest BCUT2D eigenvalue weighted by molar-refractivity contribution is 5.91. The molecule has 2 aromatic rings. The van der Waals surface area contributed by atoms with E-state index < -0.39 is 5.60 Å². The van der Waals surface area contributed by atoms with Crippen LogP contribution in [0.2, 0.25) is 0 Å². The van der Waals surface area contributed by atoms with Crippen molar-refractivity contribution in [1.82, 2.24) is 10.2 Å². The Morgan fingerprint density at radius 1 is 1.11 bits per heavy atom. The maximum absolute atomic E-state index is 12.4. The molecule has 0 amide bonds. The molecular weight excluding hydrogens is 340 g/mol. The van der Waals surface area contributed by atoms with Gasteiger partial charge in [-0.1, -0.05) is 44.2 Å². The van der Waals surface area contributed by atoms with E-state index in [2.05, 4.69) is 34.3 Å². The maximum Gasteiger partial charge on any atom is 0.336 e. The Morgan fingerprint density at radius 2 is 1.89 bits per heavy atom. The van der Waals surface area contributed by atoms with Crippen LogP contribution >= 0.6 is 0 Å². The average molecular weight is 362 g/mol. The van der Waals surface area contributed by atoms with Crippen molar-refractivity contribution in [3.05, 3.63) is 54.2 Å². The number of carbonyl (C=O) groups excluding carboxylic acids is 1. The number of carbonyl (C=O) groups is 1. The lowest BCUT2D eigenvalue weighted by atomic mass is 9.69. The molecule has 1 aliphatic heterocycles. The van der Waals surface area contributed by atoms with Crippen LogP contribution < -0.4 is 0 Å². The first-order chi connectivity index (χ1) is 12.9. The molecule has 27 heavy (non-hydrogen) atoms. The molecule has 4 rings (SSSR count). The molecule has 2 atom stereocenters. The summed E-state index contributed by atoms with van der Waals surface area (Å²) in [4.78, 5) is 12.4. The summed E-state index contributed by atoms with van der Waals surface area (Å²) in [5.41, 5.74) is 1.84. The molecule has 1 saturated carbocycles. The first-order valence-corrected chi connectivity index (χ1v) is 9.14. The fraction of sp³-hybridized carbons (Fsp3) is 0.381. The number of hydrogen-bond acceptors (Lipinski definition) is 6. The topological polar surface area (TPSA) is 76.8 Å². The molecule has 0 radical (unpaired) electrons. The predicted molar refractivity (Wildman–Crippen MR) is 101 cm³/mol. The lowest BCUT2D eigenvalue weighted by Crippen LogP contribution is -2.49. The van der Waals surface area contributed by atoms with Gasteiger partial charge in [-0.05, 0) is 31.9 Å². The Bertz CT molecular complexity index is 919. The van der Waals surface area contributed by atoms with Gasteiger partial charge >= 0.3 is 5.97 Å². The predicted octanol–water partition coefficient (Wildman–Crippen LogP) is 4.86. The van der Waals surface area contributed by atoms with E-state index in [1.165, 1.54) is 6.20 Å². The van der Waals surface area contributed by atoms with Crippen LogP contribution in [-0.2, 0) is 9.53 Å². The minimum Gasteiger partial charge on any atom is -0.455 e. The summed E-state index contributed by atoms with van der Waals surface area (Å²) in [6.45, 7) is 6.32. The fourth-order valence-electron chi connectivity index (χ4n) is 4.04. The highest BCUT2D eigenvalue weighted by Crippen LogP contribution is 2.58. The number of fused-ring (bicyclic) bond motifs is 2. The van der Waals surface area contributed by atoms with E-state index >= 15 is 0 Å². The quantitative estimate of drug-likeness (QED) is 0.444. The van der Waals surface area contributed by atoms with Crippen LogP contribution in [0.1, 0.15) is 33.6 Å². The first kappa shape index (κ1) is 17.5. The fourth-order valence-corrected chi connectivity index (χ4v) is 4.04. The van der Waals surface area contributed by atoms with Crippen molar-refractivity contribution in [3.63, 3.8) is 0 Å². The van der Waals surface area contributed by atoms with Gasteiger partial charge < -0.3 is 4.74 Å². The zero-order chi connectivity index (χ0) is 19.1. The van der Waals surface area contributed by atoms with E-state index in [4.69, 9.17) is 4.74 Å². The third-order valence-electron chi connectivity index (χ3n) is 6.15. The SMILES string of the molecule is CC1(C)[C@@H]2CC[C@@]1(C)OC(=O)/C2=C/N=Nc1ccc(-c2ccccc2)nn1. The number of esters is 1. The Balaban J connectivity index is 1.53. The summed E-state index contributed by atoms with van der Waals surface area (Å²) >= 11 is 0. The van der Waals surface area contributed by atoms with Gasteiger partial charge in [-0.3, -0.25) is 0 Å². The molecule has 1 aromatic heterocycles. The molecule has 2 bridgehead atoms. The Hall–Kier alpha value is -2.89. The van der Waals surface area contributed by atoms with Crippen LogP contribution in [0.15, 0.2) is 64.5 Å². The third-order valence-corrected chi connectivity index (χ3v) is 6.15. The highest BCUT2D eigenvalue weighted by atomic mass is 16.6. The minimum absolute atomic E-state index is 0.112. The second kappa shape index (κ2) is 6.37. The zero-order valence-corrected chi connectivity index (χ0v) is 15.7. The van der Waals surface area contributed by atoms with Crippen LogP contribution in [0.5, 0.6) is 0 Å². The van der Waals surface area contributed by atoms with E-state index in [1.807, 2.05) is 43.3 Å². The van der Waals surface area contributed by atoms with Crippen molar-refractivity contribution in [1.29, 1.82) is 0 Å². The third kappa shape index (κ3) is 2.95. The van der Waals surface area contributed by atoms with Crippen LogP contribution in [0.25, 0.3) is 11.3 Å². The first-order valence-electron chi connectivity index (χ1n) is 9.14. The van der Waals surface area contributed by atoms with Crippen molar-refractivity contribution < 1.29 is 9.53 Å². The van der Waals surface area contributed by atoms with Gasteiger partial charge in [0.1, 0.15) is 5.60 Å². The number of aromatic nitrogens is 2. The molecule has 2 aliphatic rings. The largest absolute Gasteiger partial charge is 0.455 e. The molecule has 0 spiro atoms. The molecule has 0 unspecified atom stereocenters. The van der Waals surface area contributed by atoms with E-state index in [-0.39, 0.29) is 17.3 Å². The van der Waals surface area contributed by atoms with Crippen molar-refractivity contribution in [3.8, 4) is 11.3 Å². The zero-order valence-electron chi connectivity index (χ0n) is 15.7. The maximum atomic E-state index is 12.4. The molecule has 2 fully saturated rings. The number of ether oxygens (including phenoxy) is 1. The average Bonchev–Trinajstić information content (AvgIpc) is 2.80. The van der Waals surface area contributed by atoms with Gasteiger partial charge in [0.15, 0.2) is 5.82 Å². The summed E-state index contributed by atoms with van der Waals surface area (Å²) in [6.07, 6.45) is 3.31. The molecule has 1 aromatic carbocycles. The summed E-state index contributed by atoms with van der Waals surface area (Å²) < 4.78 is 5.72. The highest BCUT2D eigenvalue weighted by Gasteiger charge is 2.60. The molecule has 1 aliphatic carbocycles. The molecule has 138 valence electrons. The van der Waals surface area contributed by atoms with Crippen molar-refractivity contribution in [2.24, 2.45) is 21.6 Å². The summed E-state index contributed by atoms with van der Waals surface area (Å²) in [6, 6.07) is 13.4. The molecule has 6 nitrogen and oxygen atoms in total. The van der Waals surface area contributed by atoms with E-state index in [1.54, 1.807) is 6.07 Å². The number of benzene rings is 1. The smallest absolute Gasteiger partial charge is 0.336 e. The van der Waals surface area contributed by atoms with Gasteiger partial charge in [0.05, 0.1) is 17.5 Å². The van der Waals surface area contributed by atoms with Gasteiger partial charge in [0, 0.05) is 16.9 Å². The van der Waals surface area contributed by atoms with Crippen molar-refractivity contribution in [2.45, 2.75) is 39.2 Å². The summed E-state index contributed by atoms with van der Waals surface area (Å²) in [5, 5.41) is 16.4. The Kier molecular flexibility index (Phi) is 4.13. The second-order valence-electron chi connectivity index (χ2n) is 7.88. The molecule has 6 heteroatoms. The molecular formula is C21H22N4O2. The summed E-state index contributed by atoms with van der Waals surface area (Å²) in [7, 11) is 0. The number of azo groups is 1. The Labute approximate surface area is 158 Å². The second-order valence-corrected chi connectivity index (χ2v) is 7.88. The molecule has 2 heterocycles. The van der Waals surface area contributed by atoms with Crippen LogP contribution in [0.4, 0.5) is 5.82 Å². The van der Waals surface area contributed by atoms with E-state index in [0.29, 0.717) is 11.4 Å². The molecule has 1 saturated heterocycles. The lowest BCUT2D eigenvalue weighted by Gasteiger charge is -2.45. The Morgan fingerprint density at radius 3 is 2.59 bits per heavy atom. The normalized spacial score (nSPS) is 27.9. The lowest BCUT2D eigenvalue weighted by molar-refractivity contribution is -0.172. The van der Waals surface area contributed by atoms with Gasteiger partial charge in [-0.15, -0.1) is 15.3 Å². The van der Waals surface area contributed by atoms with E-state index in [9.17, 15) is 4.79 Å². The van der Waals surface area contributed by atoms with Crippen molar-refractivity contribution in [2.75, 3.05) is 0 Å². The minimum atomic E-state index is -0.401. The number of hydrogen-bond donors (Lipinski definition) is 0. The van der Waals surface area contributed by atoms with E-state index in [0.717, 1.165) is 24.1 Å². The monoisotopic (exact) mass is 362 g/mol. The van der Waals surface area contributed by atoms with Gasteiger partial charge in [-0.2, -0.15) is 5.11 Å².